The van der Waals surface area contributed by atoms with Crippen LogP contribution < -0.4 is 10.9 Å². The number of hydrogen-bond acceptors (Lipinski definition) is 3. The van der Waals surface area contributed by atoms with Crippen molar-refractivity contribution in [2.75, 3.05) is 6.54 Å². The van der Waals surface area contributed by atoms with E-state index >= 15 is 0 Å². The molecule has 1 aromatic heterocycles. The van der Waals surface area contributed by atoms with Crippen LogP contribution >= 0.6 is 0 Å². The average Bonchev–Trinajstić information content (AvgIpc) is 2.21. The van der Waals surface area contributed by atoms with Crippen molar-refractivity contribution in [2.24, 2.45) is 0 Å². The first kappa shape index (κ1) is 12.9. The summed E-state index contributed by atoms with van der Waals surface area (Å²) >= 11 is 0. The minimum atomic E-state index is 0.0429. The molecule has 0 aliphatic carbocycles. The molecule has 0 aromatic carbocycles. The third kappa shape index (κ3) is 3.17. The van der Waals surface area contributed by atoms with Crippen LogP contribution in [0.5, 0.6) is 0 Å². The maximum absolute atomic E-state index is 11.8. The summed E-state index contributed by atoms with van der Waals surface area (Å²) in [5.74, 6) is 0.793. The maximum Gasteiger partial charge on any atom is 0.253 e. The normalized spacial score (nSPS) is 12.8. The number of nitrogens with zero attached hydrogens (tertiary/aromatic N) is 2. The minimum absolute atomic E-state index is 0.0429. The second-order valence-electron chi connectivity index (χ2n) is 4.06. The van der Waals surface area contributed by atoms with Gasteiger partial charge in [0.25, 0.3) is 5.56 Å². The molecule has 0 aliphatic rings. The third-order valence-electron chi connectivity index (χ3n) is 2.72. The molecule has 0 radical (unpaired) electrons. The molecule has 0 fully saturated rings. The minimum Gasteiger partial charge on any atom is -0.312 e. The molecule has 1 aromatic rings. The van der Waals surface area contributed by atoms with Gasteiger partial charge in [-0.1, -0.05) is 13.8 Å². The van der Waals surface area contributed by atoms with E-state index in [0.717, 1.165) is 24.5 Å². The van der Waals surface area contributed by atoms with Gasteiger partial charge in [0, 0.05) is 24.3 Å². The van der Waals surface area contributed by atoms with Crippen molar-refractivity contribution in [1.82, 2.24) is 14.9 Å². The Morgan fingerprint density at radius 2 is 2.12 bits per heavy atom. The van der Waals surface area contributed by atoms with Crippen LogP contribution in [-0.4, -0.2) is 22.1 Å². The van der Waals surface area contributed by atoms with Crippen molar-refractivity contribution in [3.63, 3.8) is 0 Å². The molecule has 4 nitrogen and oxygen atoms in total. The molecule has 0 aliphatic heterocycles. The lowest BCUT2D eigenvalue weighted by Gasteiger charge is -2.18. The van der Waals surface area contributed by atoms with Gasteiger partial charge in [0.05, 0.1) is 0 Å². The largest absolute Gasteiger partial charge is 0.312 e. The van der Waals surface area contributed by atoms with Crippen molar-refractivity contribution < 1.29 is 0 Å². The van der Waals surface area contributed by atoms with E-state index < -0.39 is 0 Å². The third-order valence-corrected chi connectivity index (χ3v) is 2.72. The van der Waals surface area contributed by atoms with Crippen LogP contribution in [0.3, 0.4) is 0 Å². The van der Waals surface area contributed by atoms with Crippen LogP contribution in [0.2, 0.25) is 0 Å². The number of nitrogens with one attached hydrogen (secondary N) is 1. The van der Waals surface area contributed by atoms with Gasteiger partial charge in [0.2, 0.25) is 0 Å². The summed E-state index contributed by atoms with van der Waals surface area (Å²) in [4.78, 5) is 16.1. The molecule has 90 valence electrons. The Kier molecular flexibility index (Phi) is 4.68. The summed E-state index contributed by atoms with van der Waals surface area (Å²) in [6.07, 6.45) is 1.01. The van der Waals surface area contributed by atoms with E-state index in [-0.39, 0.29) is 5.56 Å². The first-order valence-electron chi connectivity index (χ1n) is 5.87. The fourth-order valence-electron chi connectivity index (χ4n) is 1.83. The summed E-state index contributed by atoms with van der Waals surface area (Å²) in [6, 6.07) is 1.93. The van der Waals surface area contributed by atoms with Gasteiger partial charge in [-0.15, -0.1) is 0 Å². The van der Waals surface area contributed by atoms with Crippen LogP contribution in [0, 0.1) is 13.8 Å². The average molecular weight is 223 g/mol. The molecule has 0 amide bonds. The molecule has 1 heterocycles. The van der Waals surface area contributed by atoms with E-state index in [1.165, 1.54) is 0 Å². The Morgan fingerprint density at radius 3 is 2.62 bits per heavy atom. The zero-order valence-electron chi connectivity index (χ0n) is 10.6. The predicted molar refractivity (Wildman–Crippen MR) is 65.7 cm³/mol. The molecule has 16 heavy (non-hydrogen) atoms. The van der Waals surface area contributed by atoms with Crippen LogP contribution in [0.4, 0.5) is 0 Å². The Morgan fingerprint density at radius 1 is 1.44 bits per heavy atom. The van der Waals surface area contributed by atoms with Crippen molar-refractivity contribution >= 4 is 0 Å². The second kappa shape index (κ2) is 5.80. The molecule has 0 spiro atoms. The number of hydrogen-bond donors (Lipinski definition) is 1. The van der Waals surface area contributed by atoms with E-state index in [1.54, 1.807) is 10.6 Å². The van der Waals surface area contributed by atoms with Crippen LogP contribution in [-0.2, 0) is 6.54 Å². The predicted octanol–water partition coefficient (Wildman–Crippen LogP) is 1.25. The van der Waals surface area contributed by atoms with Crippen LogP contribution in [0.1, 0.15) is 31.8 Å². The maximum atomic E-state index is 11.8. The van der Waals surface area contributed by atoms with Gasteiger partial charge in [0.1, 0.15) is 5.82 Å². The Labute approximate surface area is 96.7 Å². The molecular weight excluding hydrogens is 202 g/mol. The highest BCUT2D eigenvalue weighted by Crippen LogP contribution is 1.99. The zero-order chi connectivity index (χ0) is 12.1. The van der Waals surface area contributed by atoms with Gasteiger partial charge in [-0.2, -0.15) is 0 Å². The van der Waals surface area contributed by atoms with Gasteiger partial charge in [-0.25, -0.2) is 4.98 Å². The first-order valence-corrected chi connectivity index (χ1v) is 5.87. The van der Waals surface area contributed by atoms with E-state index in [0.29, 0.717) is 12.6 Å². The van der Waals surface area contributed by atoms with E-state index in [9.17, 15) is 4.79 Å². The highest BCUT2D eigenvalue weighted by atomic mass is 16.1. The monoisotopic (exact) mass is 223 g/mol. The fourth-order valence-corrected chi connectivity index (χ4v) is 1.83. The summed E-state index contributed by atoms with van der Waals surface area (Å²) in [5, 5.41) is 3.36. The number of rotatable bonds is 5. The van der Waals surface area contributed by atoms with E-state index in [1.807, 2.05) is 13.8 Å². The topological polar surface area (TPSA) is 46.9 Å². The summed E-state index contributed by atoms with van der Waals surface area (Å²) in [6.45, 7) is 9.54. The van der Waals surface area contributed by atoms with Gasteiger partial charge in [0.15, 0.2) is 0 Å². The zero-order valence-corrected chi connectivity index (χ0v) is 10.6. The smallest absolute Gasteiger partial charge is 0.253 e. The molecule has 0 bridgehead atoms. The van der Waals surface area contributed by atoms with Crippen molar-refractivity contribution in [2.45, 2.75) is 46.7 Å². The number of aryl methyl sites for hydroxylation is 2. The van der Waals surface area contributed by atoms with Gasteiger partial charge < -0.3 is 5.32 Å². The van der Waals surface area contributed by atoms with Gasteiger partial charge in [-0.05, 0) is 26.8 Å². The number of aromatic nitrogens is 2. The molecule has 1 atom stereocenters. The van der Waals surface area contributed by atoms with Crippen LogP contribution in [0.15, 0.2) is 10.9 Å². The Balaban J connectivity index is 2.92. The lowest BCUT2D eigenvalue weighted by molar-refractivity contribution is 0.431. The highest BCUT2D eigenvalue weighted by Gasteiger charge is 2.09. The Bertz CT molecular complexity index is 398. The molecule has 1 N–H and O–H groups in total. The summed E-state index contributed by atoms with van der Waals surface area (Å²) < 4.78 is 1.74. The van der Waals surface area contributed by atoms with Crippen molar-refractivity contribution in [3.8, 4) is 0 Å². The molecule has 0 saturated heterocycles. The van der Waals surface area contributed by atoms with Gasteiger partial charge in [-0.3, -0.25) is 9.36 Å². The quantitative estimate of drug-likeness (QED) is 0.817. The molecular formula is C12H21N3O. The summed E-state index contributed by atoms with van der Waals surface area (Å²) in [5.41, 5.74) is 0.830. The molecule has 0 saturated carbocycles. The molecule has 4 heteroatoms. The molecule has 1 unspecified atom stereocenters. The lowest BCUT2D eigenvalue weighted by Crippen LogP contribution is -2.37. The number of likely N-dealkylation sites (N-methyl/N-ethyl adjacent to an activating group) is 1. The first-order chi connectivity index (χ1) is 7.58. The van der Waals surface area contributed by atoms with Gasteiger partial charge >= 0.3 is 0 Å². The fraction of sp³-hybridized carbons (Fsp3) is 0.667. The Hall–Kier alpha value is -1.16. The van der Waals surface area contributed by atoms with E-state index in [2.05, 4.69) is 24.1 Å². The van der Waals surface area contributed by atoms with Crippen molar-refractivity contribution in [1.29, 1.82) is 0 Å². The SMILES string of the molecule is CCNC(CC)Cn1c(C)nc(C)cc1=O. The van der Waals surface area contributed by atoms with Crippen LogP contribution in [0.25, 0.3) is 0 Å². The summed E-state index contributed by atoms with van der Waals surface area (Å²) in [7, 11) is 0. The second-order valence-corrected chi connectivity index (χ2v) is 4.06. The lowest BCUT2D eigenvalue weighted by atomic mass is 10.2. The molecule has 1 rings (SSSR count). The highest BCUT2D eigenvalue weighted by molar-refractivity contribution is 5.01. The van der Waals surface area contributed by atoms with E-state index in [4.69, 9.17) is 0 Å². The van der Waals surface area contributed by atoms with Crippen molar-refractivity contribution in [3.05, 3.63) is 27.9 Å². The standard InChI is InChI=1S/C12H21N3O/c1-5-11(13-6-2)8-15-10(4)14-9(3)7-12(15)16/h7,11,13H,5-6,8H2,1-4H3.